The molecule has 0 saturated carbocycles. The van der Waals surface area contributed by atoms with Crippen molar-refractivity contribution in [2.24, 2.45) is 7.05 Å². The molecule has 0 aliphatic carbocycles. The SMILES string of the molecule is Cn1cc(-c2cnc3nnc(Cc4cccc(-c5ncc(OCCO)cn5)c4)n3c2)cn1. The van der Waals surface area contributed by atoms with Gasteiger partial charge >= 0.3 is 0 Å². The van der Waals surface area contributed by atoms with E-state index in [0.717, 1.165) is 28.1 Å². The normalized spacial score (nSPS) is 11.2. The average Bonchev–Trinajstić information content (AvgIpc) is 3.44. The lowest BCUT2D eigenvalue weighted by Gasteiger charge is -2.06. The van der Waals surface area contributed by atoms with Gasteiger partial charge in [0.25, 0.3) is 5.78 Å². The standard InChI is InChI=1S/C22H20N8O2/c1-29-13-18(10-26-29)17-9-25-22-28-27-20(30(22)14-17)8-15-3-2-4-16(7-15)21-23-11-19(12-24-21)32-6-5-31/h2-4,7,9-14,31H,5-6,8H2,1H3. The highest BCUT2D eigenvalue weighted by atomic mass is 16.5. The highest BCUT2D eigenvalue weighted by Crippen LogP contribution is 2.21. The van der Waals surface area contributed by atoms with Crippen molar-refractivity contribution >= 4 is 5.78 Å². The summed E-state index contributed by atoms with van der Waals surface area (Å²) in [6.45, 7) is 0.155. The van der Waals surface area contributed by atoms with Crippen LogP contribution in [0.25, 0.3) is 28.3 Å². The van der Waals surface area contributed by atoms with Gasteiger partial charge in [-0.1, -0.05) is 18.2 Å². The number of hydrogen-bond donors (Lipinski definition) is 1. The number of ether oxygens (including phenoxy) is 1. The molecule has 1 aromatic carbocycles. The topological polar surface area (TPSA) is 116 Å². The number of aliphatic hydroxyl groups is 1. The quantitative estimate of drug-likeness (QED) is 0.418. The third-order valence-corrected chi connectivity index (χ3v) is 4.91. The number of nitrogens with zero attached hydrogens (tertiary/aromatic N) is 8. The van der Waals surface area contributed by atoms with Crippen molar-refractivity contribution in [1.82, 2.24) is 39.3 Å². The average molecular weight is 428 g/mol. The van der Waals surface area contributed by atoms with Gasteiger partial charge in [0.05, 0.1) is 25.2 Å². The molecule has 5 aromatic rings. The van der Waals surface area contributed by atoms with Crippen molar-refractivity contribution < 1.29 is 9.84 Å². The maximum absolute atomic E-state index is 8.85. The number of aromatic nitrogens is 8. The number of aliphatic hydroxyl groups excluding tert-OH is 1. The largest absolute Gasteiger partial charge is 0.488 e. The first-order chi connectivity index (χ1) is 15.7. The molecule has 4 aromatic heterocycles. The van der Waals surface area contributed by atoms with E-state index in [2.05, 4.69) is 30.2 Å². The van der Waals surface area contributed by atoms with Crippen LogP contribution >= 0.6 is 0 Å². The summed E-state index contributed by atoms with van der Waals surface area (Å²) in [6.07, 6.45) is 11.3. The maximum atomic E-state index is 8.85. The predicted molar refractivity (Wildman–Crippen MR) is 116 cm³/mol. The van der Waals surface area contributed by atoms with E-state index in [1.807, 2.05) is 48.1 Å². The molecule has 0 bridgehead atoms. The lowest BCUT2D eigenvalue weighted by molar-refractivity contribution is 0.200. The van der Waals surface area contributed by atoms with Gasteiger partial charge in [0, 0.05) is 48.7 Å². The molecular weight excluding hydrogens is 408 g/mol. The van der Waals surface area contributed by atoms with Crippen molar-refractivity contribution in [3.8, 4) is 28.3 Å². The van der Waals surface area contributed by atoms with Crippen LogP contribution in [0.4, 0.5) is 0 Å². The Labute approximate surface area is 183 Å². The minimum Gasteiger partial charge on any atom is -0.488 e. The Balaban J connectivity index is 1.41. The summed E-state index contributed by atoms with van der Waals surface area (Å²) in [5.41, 5.74) is 3.86. The van der Waals surface area contributed by atoms with E-state index in [-0.39, 0.29) is 13.2 Å². The fourth-order valence-electron chi connectivity index (χ4n) is 3.38. The van der Waals surface area contributed by atoms with E-state index in [4.69, 9.17) is 9.84 Å². The lowest BCUT2D eigenvalue weighted by Crippen LogP contribution is -2.02. The second-order valence-electron chi connectivity index (χ2n) is 7.22. The van der Waals surface area contributed by atoms with Gasteiger partial charge in [0.15, 0.2) is 11.6 Å². The molecule has 0 radical (unpaired) electrons. The van der Waals surface area contributed by atoms with Crippen LogP contribution in [-0.4, -0.2) is 57.7 Å². The Kier molecular flexibility index (Phi) is 5.26. The van der Waals surface area contributed by atoms with Crippen LogP contribution in [0.2, 0.25) is 0 Å². The van der Waals surface area contributed by atoms with Crippen LogP contribution in [0.5, 0.6) is 5.75 Å². The van der Waals surface area contributed by atoms with Gasteiger partial charge in [-0.2, -0.15) is 5.10 Å². The minimum atomic E-state index is -0.0552. The van der Waals surface area contributed by atoms with Crippen LogP contribution in [0.3, 0.4) is 0 Å². The zero-order valence-electron chi connectivity index (χ0n) is 17.3. The van der Waals surface area contributed by atoms with E-state index >= 15 is 0 Å². The second kappa shape index (κ2) is 8.52. The summed E-state index contributed by atoms with van der Waals surface area (Å²) in [4.78, 5) is 13.2. The third-order valence-electron chi connectivity index (χ3n) is 4.91. The monoisotopic (exact) mass is 428 g/mol. The lowest BCUT2D eigenvalue weighted by atomic mass is 10.1. The first kappa shape index (κ1) is 19.8. The Morgan fingerprint density at radius 1 is 0.938 bits per heavy atom. The number of fused-ring (bicyclic) bond motifs is 1. The van der Waals surface area contributed by atoms with Gasteiger partial charge < -0.3 is 9.84 Å². The smallest absolute Gasteiger partial charge is 0.254 e. The first-order valence-electron chi connectivity index (χ1n) is 10.0. The fraction of sp³-hybridized carbons (Fsp3) is 0.182. The van der Waals surface area contributed by atoms with E-state index < -0.39 is 0 Å². The summed E-state index contributed by atoms with van der Waals surface area (Å²) in [7, 11) is 1.88. The Morgan fingerprint density at radius 2 is 1.78 bits per heavy atom. The molecule has 32 heavy (non-hydrogen) atoms. The molecule has 10 nitrogen and oxygen atoms in total. The molecule has 5 rings (SSSR count). The van der Waals surface area contributed by atoms with Gasteiger partial charge in [-0.3, -0.25) is 9.08 Å². The third kappa shape index (κ3) is 4.03. The zero-order valence-corrected chi connectivity index (χ0v) is 17.3. The fourth-order valence-corrected chi connectivity index (χ4v) is 3.38. The predicted octanol–water partition coefficient (Wildman–Crippen LogP) is 1.94. The van der Waals surface area contributed by atoms with Crippen molar-refractivity contribution in [2.75, 3.05) is 13.2 Å². The van der Waals surface area contributed by atoms with Crippen LogP contribution in [0.15, 0.2) is 61.4 Å². The van der Waals surface area contributed by atoms with Crippen molar-refractivity contribution in [3.63, 3.8) is 0 Å². The highest BCUT2D eigenvalue weighted by molar-refractivity contribution is 5.61. The highest BCUT2D eigenvalue weighted by Gasteiger charge is 2.11. The Morgan fingerprint density at radius 3 is 2.56 bits per heavy atom. The molecule has 4 heterocycles. The van der Waals surface area contributed by atoms with Gasteiger partial charge in [-0.05, 0) is 11.6 Å². The van der Waals surface area contributed by atoms with Gasteiger partial charge in [0.1, 0.15) is 12.4 Å². The Hall–Kier alpha value is -4.18. The summed E-state index contributed by atoms with van der Waals surface area (Å²) < 4.78 is 8.98. The van der Waals surface area contributed by atoms with Crippen molar-refractivity contribution in [1.29, 1.82) is 0 Å². The molecule has 10 heteroatoms. The van der Waals surface area contributed by atoms with E-state index in [9.17, 15) is 0 Å². The molecule has 0 aliphatic heterocycles. The van der Waals surface area contributed by atoms with Crippen molar-refractivity contribution in [3.05, 3.63) is 72.8 Å². The van der Waals surface area contributed by atoms with E-state index in [1.54, 1.807) is 29.5 Å². The van der Waals surface area contributed by atoms with Crippen molar-refractivity contribution in [2.45, 2.75) is 6.42 Å². The van der Waals surface area contributed by atoms with E-state index in [0.29, 0.717) is 23.8 Å². The number of benzene rings is 1. The molecule has 0 unspecified atom stereocenters. The van der Waals surface area contributed by atoms with Crippen LogP contribution in [-0.2, 0) is 13.5 Å². The maximum Gasteiger partial charge on any atom is 0.254 e. The summed E-state index contributed by atoms with van der Waals surface area (Å²) in [5.74, 6) is 2.44. The summed E-state index contributed by atoms with van der Waals surface area (Å²) >= 11 is 0. The number of hydrogen-bond acceptors (Lipinski definition) is 8. The first-order valence-corrected chi connectivity index (χ1v) is 10.0. The molecule has 160 valence electrons. The minimum absolute atomic E-state index is 0.0552. The summed E-state index contributed by atoms with van der Waals surface area (Å²) in [6, 6.07) is 7.98. The molecule has 0 amide bonds. The van der Waals surface area contributed by atoms with Crippen LogP contribution in [0, 0.1) is 0 Å². The number of aryl methyl sites for hydroxylation is 1. The molecule has 0 spiro atoms. The number of rotatable bonds is 7. The zero-order chi connectivity index (χ0) is 21.9. The summed E-state index contributed by atoms with van der Waals surface area (Å²) in [5, 5.41) is 21.6. The van der Waals surface area contributed by atoms with E-state index in [1.165, 1.54) is 0 Å². The molecule has 0 fully saturated rings. The molecule has 0 saturated heterocycles. The van der Waals surface area contributed by atoms with Gasteiger partial charge in [0.2, 0.25) is 0 Å². The molecule has 0 atom stereocenters. The van der Waals surface area contributed by atoms with Gasteiger partial charge in [-0.25, -0.2) is 15.0 Å². The van der Waals surface area contributed by atoms with Gasteiger partial charge in [-0.15, -0.1) is 10.2 Å². The molecule has 0 aliphatic rings. The molecule has 1 N–H and O–H groups in total. The van der Waals surface area contributed by atoms with Crippen LogP contribution in [0.1, 0.15) is 11.4 Å². The second-order valence-corrected chi connectivity index (χ2v) is 7.22. The Bertz CT molecular complexity index is 1360. The van der Waals surface area contributed by atoms with Crippen LogP contribution < -0.4 is 4.74 Å². The molecular formula is C22H20N8O2.